The van der Waals surface area contributed by atoms with E-state index in [9.17, 15) is 26.3 Å². The molecule has 2 heterocycles. The molecule has 0 atom stereocenters. The zero-order chi connectivity index (χ0) is 30.2. The molecule has 0 amide bonds. The van der Waals surface area contributed by atoms with Crippen molar-refractivity contribution in [3.05, 3.63) is 83.6 Å². The van der Waals surface area contributed by atoms with Crippen molar-refractivity contribution < 1.29 is 31.1 Å². The molecule has 0 spiro atoms. The van der Waals surface area contributed by atoms with Gasteiger partial charge in [-0.1, -0.05) is 76.2 Å². The van der Waals surface area contributed by atoms with Crippen molar-refractivity contribution in [2.45, 2.75) is 71.3 Å². The second kappa shape index (κ2) is 9.23. The van der Waals surface area contributed by atoms with E-state index in [1.165, 1.54) is 30.3 Å². The summed E-state index contributed by atoms with van der Waals surface area (Å²) < 4.78 is 89.1. The number of hydrogen-bond acceptors (Lipinski definition) is 2. The topological polar surface area (TPSA) is 22.1 Å². The Balaban J connectivity index is 1.67. The van der Waals surface area contributed by atoms with E-state index < -0.39 is 34.3 Å². The first-order valence-corrected chi connectivity index (χ1v) is 13.3. The Morgan fingerprint density at radius 3 is 2.05 bits per heavy atom. The smallest absolute Gasteiger partial charge is 0.418 e. The predicted molar refractivity (Wildman–Crippen MR) is 149 cm³/mol. The summed E-state index contributed by atoms with van der Waals surface area (Å²) in [6.07, 6.45) is -8.58. The molecule has 0 saturated heterocycles. The fourth-order valence-corrected chi connectivity index (χ4v) is 5.41. The van der Waals surface area contributed by atoms with Crippen LogP contribution in [0.3, 0.4) is 0 Å². The second-order valence-electron chi connectivity index (χ2n) is 12.5. The zero-order valence-corrected chi connectivity index (χ0v) is 23.7. The lowest BCUT2D eigenvalue weighted by atomic mass is 9.72. The molecular formula is C33H31F6NO. The molecule has 3 aromatic carbocycles. The van der Waals surface area contributed by atoms with Gasteiger partial charge in [0.15, 0.2) is 0 Å². The number of alkyl halides is 6. The first kappa shape index (κ1) is 29.0. The molecule has 0 N–H and O–H groups in total. The van der Waals surface area contributed by atoms with Crippen LogP contribution in [0.1, 0.15) is 58.2 Å². The molecule has 0 unspecified atom stereocenters. The lowest BCUT2D eigenvalue weighted by Crippen LogP contribution is -2.42. The summed E-state index contributed by atoms with van der Waals surface area (Å²) in [5.74, 6) is 0.585. The second-order valence-corrected chi connectivity index (χ2v) is 12.5. The third-order valence-corrected chi connectivity index (χ3v) is 8.65. The van der Waals surface area contributed by atoms with Gasteiger partial charge >= 0.3 is 12.4 Å². The standard InChI is InChI=1S/C33H31F6NO/c1-29(2,33(37,38)39)17-19-11-13-20(14-12-19)23-16-26(40-18-25(23)32(34,35)36)24-15-21-9-7-8-10-22(21)27-28(24)41-31(5,6)30(27,3)4/h7-16,18H,17H2,1-6H3. The molecule has 41 heavy (non-hydrogen) atoms. The largest absolute Gasteiger partial charge is 0.486 e. The lowest BCUT2D eigenvalue weighted by Gasteiger charge is -2.33. The Bertz CT molecular complexity index is 1630. The summed E-state index contributed by atoms with van der Waals surface area (Å²) in [7, 11) is 0. The van der Waals surface area contributed by atoms with E-state index in [4.69, 9.17) is 4.74 Å². The zero-order valence-electron chi connectivity index (χ0n) is 23.7. The minimum Gasteiger partial charge on any atom is -0.486 e. The maximum atomic E-state index is 14.1. The van der Waals surface area contributed by atoms with Gasteiger partial charge in [0.2, 0.25) is 0 Å². The average molecular weight is 572 g/mol. The predicted octanol–water partition coefficient (Wildman–Crippen LogP) is 10.2. The van der Waals surface area contributed by atoms with Gasteiger partial charge in [0.05, 0.1) is 16.7 Å². The van der Waals surface area contributed by atoms with Crippen LogP contribution >= 0.6 is 0 Å². The molecule has 0 radical (unpaired) electrons. The molecule has 0 bridgehead atoms. The number of halogens is 6. The van der Waals surface area contributed by atoms with Crippen molar-refractivity contribution in [3.8, 4) is 28.1 Å². The van der Waals surface area contributed by atoms with Crippen LogP contribution in [0.15, 0.2) is 66.9 Å². The fraction of sp³-hybridized carbons (Fsp3) is 0.364. The normalized spacial score (nSPS) is 16.5. The fourth-order valence-electron chi connectivity index (χ4n) is 5.41. The minimum absolute atomic E-state index is 0.109. The molecule has 4 aromatic rings. The average Bonchev–Trinajstić information content (AvgIpc) is 3.06. The van der Waals surface area contributed by atoms with Crippen molar-refractivity contribution in [1.82, 2.24) is 4.98 Å². The van der Waals surface area contributed by atoms with Gasteiger partial charge in [-0.05, 0) is 59.9 Å². The molecule has 0 aliphatic carbocycles. The summed E-state index contributed by atoms with van der Waals surface area (Å²) >= 11 is 0. The molecule has 1 aliphatic rings. The van der Waals surface area contributed by atoms with Crippen LogP contribution in [0.5, 0.6) is 5.75 Å². The molecule has 5 rings (SSSR count). The summed E-state index contributed by atoms with van der Waals surface area (Å²) in [6.45, 7) is 10.3. The van der Waals surface area contributed by atoms with Crippen LogP contribution in [0.2, 0.25) is 0 Å². The summed E-state index contributed by atoms with van der Waals surface area (Å²) in [5.41, 5.74) is -1.55. The summed E-state index contributed by atoms with van der Waals surface area (Å²) in [4.78, 5) is 4.25. The Kier molecular flexibility index (Phi) is 6.52. The maximum absolute atomic E-state index is 14.1. The number of fused-ring (bicyclic) bond motifs is 3. The quantitative estimate of drug-likeness (QED) is 0.227. The number of hydrogen-bond donors (Lipinski definition) is 0. The Labute approximate surface area is 235 Å². The SMILES string of the molecule is CC(C)(Cc1ccc(-c2cc(-c3cc4ccccc4c4c3OC(C)(C)C4(C)C)ncc2C(F)(F)F)cc1)C(F)(F)F. The molecule has 2 nitrogen and oxygen atoms in total. The molecule has 0 saturated carbocycles. The number of ether oxygens (including phenoxy) is 1. The van der Waals surface area contributed by atoms with Crippen molar-refractivity contribution >= 4 is 10.8 Å². The van der Waals surface area contributed by atoms with Gasteiger partial charge in [0.1, 0.15) is 11.4 Å². The van der Waals surface area contributed by atoms with Crippen LogP contribution in [0.25, 0.3) is 33.2 Å². The van der Waals surface area contributed by atoms with E-state index >= 15 is 0 Å². The van der Waals surface area contributed by atoms with Crippen LogP contribution in [0, 0.1) is 5.41 Å². The highest BCUT2D eigenvalue weighted by atomic mass is 19.4. The number of aromatic nitrogens is 1. The van der Waals surface area contributed by atoms with Gasteiger partial charge < -0.3 is 4.74 Å². The molecule has 1 aromatic heterocycles. The molecular weight excluding hydrogens is 540 g/mol. The van der Waals surface area contributed by atoms with Crippen molar-refractivity contribution in [2.75, 3.05) is 0 Å². The van der Waals surface area contributed by atoms with Gasteiger partial charge in [0.25, 0.3) is 0 Å². The van der Waals surface area contributed by atoms with E-state index in [0.29, 0.717) is 22.6 Å². The minimum atomic E-state index is -4.69. The van der Waals surface area contributed by atoms with Gasteiger partial charge in [-0.25, -0.2) is 0 Å². The number of rotatable bonds is 4. The Morgan fingerprint density at radius 1 is 0.805 bits per heavy atom. The highest BCUT2D eigenvalue weighted by molar-refractivity contribution is 5.96. The first-order valence-electron chi connectivity index (χ1n) is 13.3. The third-order valence-electron chi connectivity index (χ3n) is 8.65. The van der Waals surface area contributed by atoms with Crippen LogP contribution in [-0.4, -0.2) is 16.8 Å². The number of pyridine rings is 1. The van der Waals surface area contributed by atoms with Gasteiger partial charge in [-0.2, -0.15) is 26.3 Å². The molecule has 8 heteroatoms. The van der Waals surface area contributed by atoms with E-state index in [1.54, 1.807) is 0 Å². The Morgan fingerprint density at radius 2 is 1.44 bits per heavy atom. The van der Waals surface area contributed by atoms with Gasteiger partial charge in [0, 0.05) is 22.7 Å². The van der Waals surface area contributed by atoms with Crippen molar-refractivity contribution in [2.24, 2.45) is 5.41 Å². The van der Waals surface area contributed by atoms with E-state index in [1.807, 2.05) is 44.2 Å². The van der Waals surface area contributed by atoms with Gasteiger partial charge in [-0.3, -0.25) is 4.98 Å². The summed E-state index contributed by atoms with van der Waals surface area (Å²) in [6, 6.07) is 16.8. The third kappa shape index (κ3) is 4.85. The van der Waals surface area contributed by atoms with Crippen LogP contribution in [-0.2, 0) is 18.0 Å². The van der Waals surface area contributed by atoms with Crippen molar-refractivity contribution in [1.29, 1.82) is 0 Å². The van der Waals surface area contributed by atoms with E-state index in [-0.39, 0.29) is 17.5 Å². The first-order chi connectivity index (χ1) is 18.8. The van der Waals surface area contributed by atoms with Gasteiger partial charge in [-0.15, -0.1) is 0 Å². The monoisotopic (exact) mass is 571 g/mol. The van der Waals surface area contributed by atoms with E-state index in [0.717, 1.165) is 36.4 Å². The highest BCUT2D eigenvalue weighted by Gasteiger charge is 2.50. The number of nitrogens with zero attached hydrogens (tertiary/aromatic N) is 1. The van der Waals surface area contributed by atoms with Crippen LogP contribution < -0.4 is 4.74 Å². The van der Waals surface area contributed by atoms with Crippen LogP contribution in [0.4, 0.5) is 26.3 Å². The Hall–Kier alpha value is -3.55. The molecule has 216 valence electrons. The maximum Gasteiger partial charge on any atom is 0.418 e. The summed E-state index contributed by atoms with van der Waals surface area (Å²) in [5, 5.41) is 1.92. The highest BCUT2D eigenvalue weighted by Crippen LogP contribution is 2.55. The lowest BCUT2D eigenvalue weighted by molar-refractivity contribution is -0.211. The number of benzene rings is 3. The van der Waals surface area contributed by atoms with E-state index in [2.05, 4.69) is 18.8 Å². The van der Waals surface area contributed by atoms with Crippen molar-refractivity contribution in [3.63, 3.8) is 0 Å². The molecule has 0 fully saturated rings. The molecule has 1 aliphatic heterocycles.